The first-order valence-electron chi connectivity index (χ1n) is 17.6. The summed E-state index contributed by atoms with van der Waals surface area (Å²) in [6.45, 7) is 0.825. The van der Waals surface area contributed by atoms with E-state index in [1.165, 1.54) is 0 Å². The highest BCUT2D eigenvalue weighted by atomic mass is 19.2. The SMILES string of the molecule is O=CNC1([C@]23CC(c4ccc(CCCOc5c(F)ccc(F)c5F)cc4)=C(C(=O)OCc4ccccc4)[C@@H](CN(C(=O)C4C[C@@H](O)CN4)C2)N3)CC1. The van der Waals surface area contributed by atoms with Crippen LogP contribution in [0.5, 0.6) is 5.75 Å². The summed E-state index contributed by atoms with van der Waals surface area (Å²) < 4.78 is 52.7. The van der Waals surface area contributed by atoms with Crippen molar-refractivity contribution in [2.24, 2.45) is 0 Å². The summed E-state index contributed by atoms with van der Waals surface area (Å²) in [6, 6.07) is 17.4. The molecule has 52 heavy (non-hydrogen) atoms. The molecule has 0 spiro atoms. The maximum atomic E-state index is 14.1. The molecule has 10 nitrogen and oxygen atoms in total. The van der Waals surface area contributed by atoms with Crippen LogP contribution >= 0.6 is 0 Å². The molecule has 3 aliphatic heterocycles. The van der Waals surface area contributed by atoms with Crippen LogP contribution in [0.1, 0.15) is 48.8 Å². The van der Waals surface area contributed by atoms with Crippen molar-refractivity contribution in [2.75, 3.05) is 26.2 Å². The third-order valence-electron chi connectivity index (χ3n) is 10.8. The van der Waals surface area contributed by atoms with Gasteiger partial charge in [-0.25, -0.2) is 13.6 Å². The van der Waals surface area contributed by atoms with Gasteiger partial charge in [0, 0.05) is 19.6 Å². The Morgan fingerprint density at radius 2 is 1.75 bits per heavy atom. The van der Waals surface area contributed by atoms with Crippen molar-refractivity contribution in [1.82, 2.24) is 20.9 Å². The lowest BCUT2D eigenvalue weighted by Gasteiger charge is -2.55. The summed E-state index contributed by atoms with van der Waals surface area (Å²) in [5.74, 6) is -4.94. The first-order valence-corrected chi connectivity index (χ1v) is 17.6. The molecule has 1 unspecified atom stereocenters. The van der Waals surface area contributed by atoms with Gasteiger partial charge < -0.3 is 30.1 Å². The molecule has 0 aromatic heterocycles. The number of fused-ring (bicyclic) bond motifs is 2. The lowest BCUT2D eigenvalue weighted by molar-refractivity contribution is -0.143. The number of carbonyl (C=O) groups is 3. The summed E-state index contributed by atoms with van der Waals surface area (Å²) in [5, 5.41) is 20.0. The van der Waals surface area contributed by atoms with Crippen LogP contribution in [0.15, 0.2) is 72.3 Å². The number of aliphatic hydroxyl groups excluding tert-OH is 1. The van der Waals surface area contributed by atoms with E-state index in [1.54, 1.807) is 4.90 Å². The Hall–Kier alpha value is -4.72. The average Bonchev–Trinajstić information content (AvgIpc) is 3.83. The fraction of sp³-hybridized carbons (Fsp3) is 0.410. The topological polar surface area (TPSA) is 129 Å². The van der Waals surface area contributed by atoms with Gasteiger partial charge in [0.25, 0.3) is 0 Å². The van der Waals surface area contributed by atoms with Gasteiger partial charge in [0.1, 0.15) is 6.61 Å². The van der Waals surface area contributed by atoms with Crippen molar-refractivity contribution < 1.29 is 42.1 Å². The predicted octanol–water partition coefficient (Wildman–Crippen LogP) is 3.56. The van der Waals surface area contributed by atoms with Gasteiger partial charge in [-0.1, -0.05) is 54.6 Å². The average molecular weight is 719 g/mol. The number of piperazine rings is 1. The van der Waals surface area contributed by atoms with E-state index in [0.717, 1.165) is 28.3 Å². The van der Waals surface area contributed by atoms with Crippen LogP contribution in [0.25, 0.3) is 5.57 Å². The zero-order valence-corrected chi connectivity index (χ0v) is 28.5. The molecule has 2 amide bonds. The first-order chi connectivity index (χ1) is 25.1. The highest BCUT2D eigenvalue weighted by Gasteiger charge is 2.64. The monoisotopic (exact) mass is 718 g/mol. The van der Waals surface area contributed by atoms with Crippen LogP contribution in [-0.4, -0.2) is 83.8 Å². The first kappa shape index (κ1) is 35.7. The third-order valence-corrected chi connectivity index (χ3v) is 10.8. The van der Waals surface area contributed by atoms with Gasteiger partial charge in [-0.05, 0) is 72.9 Å². The Kier molecular flexibility index (Phi) is 10.1. The summed E-state index contributed by atoms with van der Waals surface area (Å²) >= 11 is 0. The summed E-state index contributed by atoms with van der Waals surface area (Å²) in [4.78, 5) is 41.7. The second-order valence-electron chi connectivity index (χ2n) is 14.1. The van der Waals surface area contributed by atoms with Crippen molar-refractivity contribution in [2.45, 2.75) is 74.4 Å². The van der Waals surface area contributed by atoms with E-state index < -0.39 is 58.4 Å². The predicted molar refractivity (Wildman–Crippen MR) is 184 cm³/mol. The molecular weight excluding hydrogens is 677 g/mol. The minimum Gasteiger partial charge on any atom is -0.488 e. The van der Waals surface area contributed by atoms with Crippen molar-refractivity contribution in [1.29, 1.82) is 0 Å². The van der Waals surface area contributed by atoms with Crippen LogP contribution in [0.4, 0.5) is 13.2 Å². The molecule has 4 N–H and O–H groups in total. The molecule has 2 bridgehead atoms. The number of aryl methyl sites for hydroxylation is 1. The molecule has 7 rings (SSSR count). The standard InChI is InChI=1S/C39H41F3N4O6/c40-29-12-13-30(41)35(34(29)42)51-16-4-7-24-8-10-26(11-9-24)28-18-39(38(14-15-38)44-23-47)22-46(36(49)31-17-27(48)19-43-31)20-32(45-39)33(28)37(50)52-21-25-5-2-1-3-6-25/h1-3,5-6,8-13,23,27,31-32,43,45,48H,4,7,14-22H2,(H,44,47)/t27-,31?,32-,39+/m1/s1. The van der Waals surface area contributed by atoms with Gasteiger partial charge in [0.2, 0.25) is 18.1 Å². The zero-order valence-electron chi connectivity index (χ0n) is 28.5. The molecule has 13 heteroatoms. The molecule has 4 aliphatic rings. The lowest BCUT2D eigenvalue weighted by Crippen LogP contribution is -2.76. The maximum Gasteiger partial charge on any atom is 0.336 e. The summed E-state index contributed by atoms with van der Waals surface area (Å²) in [7, 11) is 0. The minimum atomic E-state index is -1.36. The quantitative estimate of drug-likeness (QED) is 0.0915. The highest BCUT2D eigenvalue weighted by molar-refractivity contribution is 6.00. The van der Waals surface area contributed by atoms with Crippen LogP contribution in [0.3, 0.4) is 0 Å². The van der Waals surface area contributed by atoms with Crippen molar-refractivity contribution in [3.63, 3.8) is 0 Å². The number of amides is 2. The number of esters is 1. The Bertz CT molecular complexity index is 1850. The van der Waals surface area contributed by atoms with Crippen molar-refractivity contribution in [3.05, 3.63) is 106 Å². The van der Waals surface area contributed by atoms with E-state index in [2.05, 4.69) is 16.0 Å². The molecule has 3 aromatic rings. The number of nitrogens with zero attached hydrogens (tertiary/aromatic N) is 1. The van der Waals surface area contributed by atoms with Crippen LogP contribution in [0, 0.1) is 17.5 Å². The van der Waals surface area contributed by atoms with Gasteiger partial charge in [0.15, 0.2) is 17.4 Å². The lowest BCUT2D eigenvalue weighted by atomic mass is 9.70. The normalized spacial score (nSPS) is 24.7. The molecule has 0 radical (unpaired) electrons. The number of benzene rings is 3. The van der Waals surface area contributed by atoms with Gasteiger partial charge in [-0.3, -0.25) is 14.9 Å². The van der Waals surface area contributed by atoms with Gasteiger partial charge >= 0.3 is 5.97 Å². The zero-order chi connectivity index (χ0) is 36.5. The highest BCUT2D eigenvalue weighted by Crippen LogP contribution is 2.53. The van der Waals surface area contributed by atoms with Crippen molar-refractivity contribution >= 4 is 23.9 Å². The Labute approximate surface area is 299 Å². The third kappa shape index (κ3) is 7.04. The van der Waals surface area contributed by atoms with Crippen LogP contribution in [0.2, 0.25) is 0 Å². The van der Waals surface area contributed by atoms with E-state index in [-0.39, 0.29) is 32.2 Å². The minimum absolute atomic E-state index is 0.0339. The summed E-state index contributed by atoms with van der Waals surface area (Å²) in [5.41, 5.74) is 2.26. The number of β-amino-alcohol motifs (C(OH)–C–C–N with tert-alkyl or cyclic N) is 1. The summed E-state index contributed by atoms with van der Waals surface area (Å²) in [6.07, 6.45) is 2.98. The fourth-order valence-electron chi connectivity index (χ4n) is 7.95. The van der Waals surface area contributed by atoms with E-state index in [4.69, 9.17) is 9.47 Å². The van der Waals surface area contributed by atoms with Gasteiger partial charge in [-0.15, -0.1) is 0 Å². The number of hydrogen-bond acceptors (Lipinski definition) is 8. The molecule has 3 aromatic carbocycles. The fourth-order valence-corrected chi connectivity index (χ4v) is 7.95. The number of halogens is 3. The molecule has 4 atom stereocenters. The van der Waals surface area contributed by atoms with Crippen LogP contribution in [-0.2, 0) is 32.1 Å². The van der Waals surface area contributed by atoms with Gasteiger partial charge in [-0.2, -0.15) is 4.39 Å². The number of hydrogen-bond donors (Lipinski definition) is 4. The Morgan fingerprint density at radius 3 is 2.44 bits per heavy atom. The van der Waals surface area contributed by atoms with E-state index in [0.29, 0.717) is 63.1 Å². The second-order valence-corrected chi connectivity index (χ2v) is 14.1. The Morgan fingerprint density at radius 1 is 1.00 bits per heavy atom. The number of carbonyl (C=O) groups excluding carboxylic acids is 3. The smallest absolute Gasteiger partial charge is 0.336 e. The van der Waals surface area contributed by atoms with E-state index in [9.17, 15) is 32.7 Å². The molecule has 274 valence electrons. The number of rotatable bonds is 13. The number of nitrogens with one attached hydrogen (secondary N) is 3. The van der Waals surface area contributed by atoms with Gasteiger partial charge in [0.05, 0.1) is 41.4 Å². The molecule has 3 fully saturated rings. The number of ether oxygens (including phenoxy) is 2. The van der Waals surface area contributed by atoms with Crippen molar-refractivity contribution in [3.8, 4) is 5.75 Å². The molecule has 1 aliphatic carbocycles. The molecule has 3 heterocycles. The van der Waals surface area contributed by atoms with E-state index >= 15 is 0 Å². The number of aliphatic hydroxyl groups is 1. The Balaban J connectivity index is 1.17. The molecular formula is C39H41F3N4O6. The molecule has 2 saturated heterocycles. The van der Waals surface area contributed by atoms with Crippen LogP contribution < -0.4 is 20.7 Å². The van der Waals surface area contributed by atoms with E-state index in [1.807, 2.05) is 54.6 Å². The largest absolute Gasteiger partial charge is 0.488 e. The maximum absolute atomic E-state index is 14.1. The second kappa shape index (κ2) is 14.7. The molecule has 1 saturated carbocycles.